The van der Waals surface area contributed by atoms with E-state index in [-0.39, 0.29) is 6.04 Å². The molecular formula is C19H20N6. The first-order valence-corrected chi connectivity index (χ1v) is 8.55. The third-order valence-corrected chi connectivity index (χ3v) is 4.66. The monoisotopic (exact) mass is 332 g/mol. The Morgan fingerprint density at radius 2 is 2.12 bits per heavy atom. The summed E-state index contributed by atoms with van der Waals surface area (Å²) < 4.78 is 2.22. The molecule has 0 amide bonds. The lowest BCUT2D eigenvalue weighted by atomic mass is 10.1. The number of imidazole rings is 1. The average molecular weight is 332 g/mol. The van der Waals surface area contributed by atoms with Crippen molar-refractivity contribution in [1.29, 1.82) is 5.26 Å². The fourth-order valence-electron chi connectivity index (χ4n) is 3.42. The van der Waals surface area contributed by atoms with E-state index < -0.39 is 0 Å². The summed E-state index contributed by atoms with van der Waals surface area (Å²) in [6, 6.07) is 14.1. The van der Waals surface area contributed by atoms with Crippen LogP contribution in [0.2, 0.25) is 0 Å². The van der Waals surface area contributed by atoms with E-state index in [2.05, 4.69) is 26.6 Å². The second kappa shape index (κ2) is 6.54. The van der Waals surface area contributed by atoms with Crippen LogP contribution in [0.15, 0.2) is 42.6 Å². The minimum Gasteiger partial charge on any atom is -0.341 e. The van der Waals surface area contributed by atoms with E-state index in [9.17, 15) is 0 Å². The molecule has 0 radical (unpaired) electrons. The first kappa shape index (κ1) is 15.6. The Morgan fingerprint density at radius 3 is 2.88 bits per heavy atom. The number of aromatic nitrogens is 3. The smallest absolute Gasteiger partial charge is 0.206 e. The van der Waals surface area contributed by atoms with Crippen LogP contribution < -0.4 is 10.6 Å². The SMILES string of the molecule is N#Cc1ccc(Cn2c(N3CCCC(N)C3)nc3ccccc32)cn1. The zero-order valence-corrected chi connectivity index (χ0v) is 14.0. The maximum atomic E-state index is 8.92. The van der Waals surface area contributed by atoms with Crippen LogP contribution in [0.25, 0.3) is 11.0 Å². The number of nitrogens with zero attached hydrogens (tertiary/aromatic N) is 5. The Labute approximate surface area is 146 Å². The fraction of sp³-hybridized carbons (Fsp3) is 0.316. The van der Waals surface area contributed by atoms with E-state index >= 15 is 0 Å². The van der Waals surface area contributed by atoms with Gasteiger partial charge in [0.25, 0.3) is 0 Å². The van der Waals surface area contributed by atoms with Gasteiger partial charge in [-0.25, -0.2) is 9.97 Å². The van der Waals surface area contributed by atoms with Gasteiger partial charge in [-0.05, 0) is 36.6 Å². The van der Waals surface area contributed by atoms with Crippen molar-refractivity contribution in [2.24, 2.45) is 5.73 Å². The highest BCUT2D eigenvalue weighted by molar-refractivity contribution is 5.79. The number of piperidine rings is 1. The van der Waals surface area contributed by atoms with Gasteiger partial charge in [0.1, 0.15) is 11.8 Å². The number of hydrogen-bond donors (Lipinski definition) is 1. The van der Waals surface area contributed by atoms with E-state index in [0.29, 0.717) is 12.2 Å². The summed E-state index contributed by atoms with van der Waals surface area (Å²) in [4.78, 5) is 11.3. The summed E-state index contributed by atoms with van der Waals surface area (Å²) in [5.74, 6) is 0.959. The minimum atomic E-state index is 0.193. The van der Waals surface area contributed by atoms with Crippen molar-refractivity contribution in [3.63, 3.8) is 0 Å². The third-order valence-electron chi connectivity index (χ3n) is 4.66. The Hall–Kier alpha value is -2.91. The summed E-state index contributed by atoms with van der Waals surface area (Å²) in [5, 5.41) is 8.92. The van der Waals surface area contributed by atoms with Gasteiger partial charge in [0.15, 0.2) is 0 Å². The number of nitrogens with two attached hydrogens (primary N) is 1. The van der Waals surface area contributed by atoms with E-state index in [0.717, 1.165) is 48.5 Å². The van der Waals surface area contributed by atoms with Gasteiger partial charge >= 0.3 is 0 Å². The molecule has 2 N–H and O–H groups in total. The molecule has 0 spiro atoms. The van der Waals surface area contributed by atoms with Gasteiger partial charge in [-0.15, -0.1) is 0 Å². The molecule has 1 aliphatic heterocycles. The van der Waals surface area contributed by atoms with Crippen molar-refractivity contribution in [1.82, 2.24) is 14.5 Å². The Balaban J connectivity index is 1.74. The highest BCUT2D eigenvalue weighted by atomic mass is 15.3. The van der Waals surface area contributed by atoms with Gasteiger partial charge in [-0.2, -0.15) is 5.26 Å². The Bertz CT molecular complexity index is 921. The molecule has 0 aliphatic carbocycles. The number of nitriles is 1. The number of hydrogen-bond acceptors (Lipinski definition) is 5. The summed E-state index contributed by atoms with van der Waals surface area (Å²) >= 11 is 0. The van der Waals surface area contributed by atoms with Gasteiger partial charge < -0.3 is 15.2 Å². The number of benzene rings is 1. The molecule has 1 unspecified atom stereocenters. The highest BCUT2D eigenvalue weighted by Gasteiger charge is 2.22. The van der Waals surface area contributed by atoms with Crippen molar-refractivity contribution in [3.05, 3.63) is 53.9 Å². The Morgan fingerprint density at radius 1 is 1.24 bits per heavy atom. The minimum absolute atomic E-state index is 0.193. The van der Waals surface area contributed by atoms with Crippen LogP contribution in [0.3, 0.4) is 0 Å². The maximum absolute atomic E-state index is 8.92. The van der Waals surface area contributed by atoms with Crippen LogP contribution in [0.4, 0.5) is 5.95 Å². The van der Waals surface area contributed by atoms with Gasteiger partial charge in [0.05, 0.1) is 17.6 Å². The molecule has 1 aliphatic rings. The van der Waals surface area contributed by atoms with Gasteiger partial charge in [0, 0.05) is 25.3 Å². The molecule has 1 fully saturated rings. The number of anilines is 1. The van der Waals surface area contributed by atoms with E-state index in [1.807, 2.05) is 24.3 Å². The Kier molecular flexibility index (Phi) is 4.08. The largest absolute Gasteiger partial charge is 0.341 e. The summed E-state index contributed by atoms with van der Waals surface area (Å²) in [5.41, 5.74) is 9.73. The molecule has 2 aromatic heterocycles. The summed E-state index contributed by atoms with van der Waals surface area (Å²) in [7, 11) is 0. The predicted molar refractivity (Wildman–Crippen MR) is 97.2 cm³/mol. The second-order valence-electron chi connectivity index (χ2n) is 6.50. The van der Waals surface area contributed by atoms with Crippen LogP contribution >= 0.6 is 0 Å². The topological polar surface area (TPSA) is 83.8 Å². The van der Waals surface area contributed by atoms with Crippen LogP contribution in [0.1, 0.15) is 24.1 Å². The zero-order valence-electron chi connectivity index (χ0n) is 14.0. The number of fused-ring (bicyclic) bond motifs is 1. The molecule has 6 heteroatoms. The van der Waals surface area contributed by atoms with E-state index in [4.69, 9.17) is 16.0 Å². The number of para-hydroxylation sites is 2. The van der Waals surface area contributed by atoms with Crippen LogP contribution in [0.5, 0.6) is 0 Å². The molecule has 1 saturated heterocycles. The molecule has 3 heterocycles. The quantitative estimate of drug-likeness (QED) is 0.795. The van der Waals surface area contributed by atoms with Crippen molar-refractivity contribution in [2.75, 3.05) is 18.0 Å². The molecule has 0 bridgehead atoms. The second-order valence-corrected chi connectivity index (χ2v) is 6.50. The number of pyridine rings is 1. The first-order valence-electron chi connectivity index (χ1n) is 8.55. The molecule has 126 valence electrons. The van der Waals surface area contributed by atoms with Gasteiger partial charge in [-0.3, -0.25) is 0 Å². The normalized spacial score (nSPS) is 17.6. The van der Waals surface area contributed by atoms with Crippen molar-refractivity contribution in [2.45, 2.75) is 25.4 Å². The van der Waals surface area contributed by atoms with Crippen molar-refractivity contribution >= 4 is 17.0 Å². The lowest BCUT2D eigenvalue weighted by Crippen LogP contribution is -2.44. The average Bonchev–Trinajstić information content (AvgIpc) is 3.01. The molecule has 1 atom stereocenters. The van der Waals surface area contributed by atoms with Gasteiger partial charge in [-0.1, -0.05) is 18.2 Å². The molecule has 1 aromatic carbocycles. The van der Waals surface area contributed by atoms with Gasteiger partial charge in [0.2, 0.25) is 5.95 Å². The molecule has 4 rings (SSSR count). The zero-order chi connectivity index (χ0) is 17.2. The molecular weight excluding hydrogens is 312 g/mol. The summed E-state index contributed by atoms with van der Waals surface area (Å²) in [6.07, 6.45) is 3.91. The molecule has 3 aromatic rings. The van der Waals surface area contributed by atoms with Crippen LogP contribution in [-0.2, 0) is 6.54 Å². The standard InChI is InChI=1S/C19H20N6/c20-10-16-8-7-14(11-22-16)12-25-18-6-2-1-5-17(18)23-19(25)24-9-3-4-15(21)13-24/h1-2,5-8,11,15H,3-4,9,12-13,21H2. The fourth-order valence-corrected chi connectivity index (χ4v) is 3.42. The van der Waals surface area contributed by atoms with E-state index in [1.165, 1.54) is 0 Å². The lowest BCUT2D eigenvalue weighted by Gasteiger charge is -2.32. The van der Waals surface area contributed by atoms with Crippen molar-refractivity contribution < 1.29 is 0 Å². The molecule has 25 heavy (non-hydrogen) atoms. The third kappa shape index (κ3) is 3.06. The van der Waals surface area contributed by atoms with Crippen molar-refractivity contribution in [3.8, 4) is 6.07 Å². The number of rotatable bonds is 3. The summed E-state index contributed by atoms with van der Waals surface area (Å²) in [6.45, 7) is 2.47. The lowest BCUT2D eigenvalue weighted by molar-refractivity contribution is 0.495. The van der Waals surface area contributed by atoms with Crippen LogP contribution in [0, 0.1) is 11.3 Å². The molecule has 0 saturated carbocycles. The first-order chi connectivity index (χ1) is 12.2. The predicted octanol–water partition coefficient (Wildman–Crippen LogP) is 2.28. The highest BCUT2D eigenvalue weighted by Crippen LogP contribution is 2.26. The molecule has 6 nitrogen and oxygen atoms in total. The maximum Gasteiger partial charge on any atom is 0.206 e. The van der Waals surface area contributed by atoms with Crippen LogP contribution in [-0.4, -0.2) is 33.7 Å². The van der Waals surface area contributed by atoms with E-state index in [1.54, 1.807) is 12.3 Å².